The second-order valence-corrected chi connectivity index (χ2v) is 8.18. The highest BCUT2D eigenvalue weighted by molar-refractivity contribution is 5.84. The van der Waals surface area contributed by atoms with E-state index >= 15 is 0 Å². The number of rotatable bonds is 22. The molecular formula is C25H42O10. The fourth-order valence-corrected chi connectivity index (χ4v) is 4.23. The summed E-state index contributed by atoms with van der Waals surface area (Å²) >= 11 is 0. The van der Waals surface area contributed by atoms with Crippen LogP contribution in [0.25, 0.3) is 0 Å². The van der Waals surface area contributed by atoms with Crippen LogP contribution >= 0.6 is 0 Å². The third-order valence-corrected chi connectivity index (χ3v) is 5.84. The number of hydrogen-bond acceptors (Lipinski definition) is 10. The van der Waals surface area contributed by atoms with Gasteiger partial charge in [-0.2, -0.15) is 0 Å². The fourth-order valence-electron chi connectivity index (χ4n) is 4.23. The molecule has 4 unspecified atom stereocenters. The number of esters is 2. The van der Waals surface area contributed by atoms with E-state index in [1.807, 2.05) is 26.0 Å². The highest BCUT2D eigenvalue weighted by Crippen LogP contribution is 2.49. The van der Waals surface area contributed by atoms with Gasteiger partial charge in [0.25, 0.3) is 0 Å². The molecule has 2 aliphatic rings. The first-order valence-corrected chi connectivity index (χ1v) is 12.7. The second kappa shape index (κ2) is 18.7. The van der Waals surface area contributed by atoms with Gasteiger partial charge in [-0.1, -0.05) is 12.2 Å². The summed E-state index contributed by atoms with van der Waals surface area (Å²) < 4.78 is 42.8. The molecule has 0 aromatic heterocycles. The first-order valence-electron chi connectivity index (χ1n) is 12.7. The number of hydrogen-bond donors (Lipinski definition) is 0. The third-order valence-electron chi connectivity index (χ3n) is 5.84. The van der Waals surface area contributed by atoms with Gasteiger partial charge in [0.1, 0.15) is 13.2 Å². The van der Waals surface area contributed by atoms with Gasteiger partial charge in [-0.15, -0.1) is 0 Å². The Balaban J connectivity index is 1.57. The molecule has 0 aliphatic heterocycles. The Morgan fingerprint density at radius 3 is 1.20 bits per heavy atom. The summed E-state index contributed by atoms with van der Waals surface area (Å²) in [5.74, 6) is -1.76. The van der Waals surface area contributed by atoms with E-state index in [-0.39, 0.29) is 50.2 Å². The van der Waals surface area contributed by atoms with Crippen LogP contribution in [-0.2, 0) is 47.5 Å². The van der Waals surface area contributed by atoms with Crippen LogP contribution in [0.2, 0.25) is 0 Å². The minimum atomic E-state index is -0.515. The number of carbonyl (C=O) groups excluding carboxylic acids is 2. The number of ether oxygens (including phenoxy) is 8. The highest BCUT2D eigenvalue weighted by Gasteiger charge is 2.53. The predicted octanol–water partition coefficient (Wildman–Crippen LogP) is 1.65. The molecule has 2 aliphatic carbocycles. The van der Waals surface area contributed by atoms with Gasteiger partial charge in [0.15, 0.2) is 0 Å². The predicted molar refractivity (Wildman–Crippen MR) is 126 cm³/mol. The quantitative estimate of drug-likeness (QED) is 0.123. The van der Waals surface area contributed by atoms with Crippen molar-refractivity contribution in [3.05, 3.63) is 12.2 Å². The molecule has 0 aromatic rings. The van der Waals surface area contributed by atoms with Crippen LogP contribution in [0.4, 0.5) is 0 Å². The monoisotopic (exact) mass is 502 g/mol. The van der Waals surface area contributed by atoms with Gasteiger partial charge in [0, 0.05) is 13.2 Å². The Bertz CT molecular complexity index is 561. The molecule has 2 bridgehead atoms. The zero-order valence-corrected chi connectivity index (χ0v) is 21.2. The van der Waals surface area contributed by atoms with Crippen LogP contribution in [0.1, 0.15) is 20.3 Å². The van der Waals surface area contributed by atoms with Crippen molar-refractivity contribution in [3.8, 4) is 0 Å². The van der Waals surface area contributed by atoms with Gasteiger partial charge in [-0.25, -0.2) is 0 Å². The molecule has 202 valence electrons. The molecule has 0 amide bonds. The zero-order chi connectivity index (χ0) is 25.1. The summed E-state index contributed by atoms with van der Waals surface area (Å²) in [6, 6.07) is 0. The number of carbonyl (C=O) groups is 2. The summed E-state index contributed by atoms with van der Waals surface area (Å²) in [6.45, 7) is 9.95. The molecule has 0 saturated heterocycles. The molecule has 0 aromatic carbocycles. The van der Waals surface area contributed by atoms with E-state index in [1.165, 1.54) is 0 Å². The minimum Gasteiger partial charge on any atom is -0.463 e. The maximum atomic E-state index is 12.7. The van der Waals surface area contributed by atoms with E-state index in [0.29, 0.717) is 66.1 Å². The Morgan fingerprint density at radius 1 is 0.543 bits per heavy atom. The Hall–Kier alpha value is -1.56. The molecule has 4 atom stereocenters. The van der Waals surface area contributed by atoms with Crippen molar-refractivity contribution in [2.45, 2.75) is 20.3 Å². The third kappa shape index (κ3) is 11.4. The maximum absolute atomic E-state index is 12.7. The van der Waals surface area contributed by atoms with Gasteiger partial charge in [-0.05, 0) is 32.1 Å². The van der Waals surface area contributed by atoms with Crippen molar-refractivity contribution in [3.63, 3.8) is 0 Å². The summed E-state index contributed by atoms with van der Waals surface area (Å²) in [4.78, 5) is 25.4. The SMILES string of the molecule is CCOCCOCCOCCOC(=O)C1C2C=CC(C2)C1C(=O)OCCOCCOCCOCC. The second-order valence-electron chi connectivity index (χ2n) is 8.18. The van der Waals surface area contributed by atoms with Crippen LogP contribution < -0.4 is 0 Å². The average Bonchev–Trinajstić information content (AvgIpc) is 3.48. The van der Waals surface area contributed by atoms with E-state index in [2.05, 4.69) is 0 Å². The van der Waals surface area contributed by atoms with Gasteiger partial charge in [0.05, 0.1) is 77.9 Å². The van der Waals surface area contributed by atoms with E-state index in [0.717, 1.165) is 6.42 Å². The lowest BCUT2D eigenvalue weighted by Gasteiger charge is -2.25. The summed E-state index contributed by atoms with van der Waals surface area (Å²) in [5, 5.41) is 0. The van der Waals surface area contributed by atoms with E-state index < -0.39 is 11.8 Å². The van der Waals surface area contributed by atoms with Crippen molar-refractivity contribution < 1.29 is 47.5 Å². The Morgan fingerprint density at radius 2 is 0.857 bits per heavy atom. The fraction of sp³-hybridized carbons (Fsp3) is 0.840. The van der Waals surface area contributed by atoms with Crippen molar-refractivity contribution >= 4 is 11.9 Å². The number of allylic oxidation sites excluding steroid dienone is 2. The van der Waals surface area contributed by atoms with E-state index in [4.69, 9.17) is 37.9 Å². The normalized spacial score (nSPS) is 22.6. The molecule has 1 saturated carbocycles. The van der Waals surface area contributed by atoms with Gasteiger partial charge >= 0.3 is 11.9 Å². The largest absolute Gasteiger partial charge is 0.463 e. The minimum absolute atomic E-state index is 0.00907. The first-order chi connectivity index (χ1) is 17.2. The molecule has 2 rings (SSSR count). The molecule has 0 N–H and O–H groups in total. The molecule has 1 fully saturated rings. The molecule has 35 heavy (non-hydrogen) atoms. The molecule has 0 heterocycles. The van der Waals surface area contributed by atoms with Crippen LogP contribution in [0, 0.1) is 23.7 Å². The summed E-state index contributed by atoms with van der Waals surface area (Å²) in [5.41, 5.74) is 0. The van der Waals surface area contributed by atoms with Crippen LogP contribution in [-0.4, -0.2) is 104 Å². The van der Waals surface area contributed by atoms with E-state index in [1.54, 1.807) is 0 Å². The Labute approximate surface area is 208 Å². The molecular weight excluding hydrogens is 460 g/mol. The van der Waals surface area contributed by atoms with Gasteiger partial charge < -0.3 is 37.9 Å². The standard InChI is InChI=1S/C25H42O10/c1-3-28-7-9-30-11-13-32-15-17-34-24(26)22-20-5-6-21(19-20)23(22)25(27)35-18-16-33-14-12-31-10-8-29-4-2/h5-6,20-23H,3-4,7-19H2,1-2H3. The lowest BCUT2D eigenvalue weighted by atomic mass is 9.83. The number of fused-ring (bicyclic) bond motifs is 2. The highest BCUT2D eigenvalue weighted by atomic mass is 16.6. The first kappa shape index (κ1) is 29.7. The maximum Gasteiger partial charge on any atom is 0.310 e. The van der Waals surface area contributed by atoms with Crippen molar-refractivity contribution in [1.29, 1.82) is 0 Å². The van der Waals surface area contributed by atoms with Crippen LogP contribution in [0.5, 0.6) is 0 Å². The lowest BCUT2D eigenvalue weighted by molar-refractivity contribution is -0.163. The van der Waals surface area contributed by atoms with Crippen molar-refractivity contribution in [2.75, 3.05) is 92.5 Å². The topological polar surface area (TPSA) is 108 Å². The zero-order valence-electron chi connectivity index (χ0n) is 21.2. The van der Waals surface area contributed by atoms with Crippen molar-refractivity contribution in [1.82, 2.24) is 0 Å². The summed E-state index contributed by atoms with van der Waals surface area (Å²) in [7, 11) is 0. The molecule has 0 radical (unpaired) electrons. The van der Waals surface area contributed by atoms with Gasteiger partial charge in [-0.3, -0.25) is 9.59 Å². The summed E-state index contributed by atoms with van der Waals surface area (Å²) in [6.07, 6.45) is 4.78. The van der Waals surface area contributed by atoms with Crippen molar-refractivity contribution in [2.24, 2.45) is 23.7 Å². The molecule has 10 heteroatoms. The van der Waals surface area contributed by atoms with Gasteiger partial charge in [0.2, 0.25) is 0 Å². The van der Waals surface area contributed by atoms with Crippen LogP contribution in [0.15, 0.2) is 12.2 Å². The smallest absolute Gasteiger partial charge is 0.310 e. The Kier molecular flexibility index (Phi) is 15.8. The average molecular weight is 503 g/mol. The lowest BCUT2D eigenvalue weighted by Crippen LogP contribution is -2.36. The molecule has 0 spiro atoms. The molecule has 10 nitrogen and oxygen atoms in total. The van der Waals surface area contributed by atoms with Crippen LogP contribution in [0.3, 0.4) is 0 Å². The van der Waals surface area contributed by atoms with E-state index in [9.17, 15) is 9.59 Å².